The third kappa shape index (κ3) is 1.83. The van der Waals surface area contributed by atoms with Gasteiger partial charge >= 0.3 is 81.1 Å². The molecule has 1 saturated heterocycles. The Morgan fingerprint density at radius 1 is 0.833 bits per heavy atom. The average molecular weight is 273 g/mol. The summed E-state index contributed by atoms with van der Waals surface area (Å²) in [6.45, 7) is 0. The van der Waals surface area contributed by atoms with Gasteiger partial charge in [0, 0.05) is 0 Å². The Kier molecular flexibility index (Phi) is 3.04. The van der Waals surface area contributed by atoms with Crippen LogP contribution in [0.3, 0.4) is 0 Å². The third-order valence-corrected chi connectivity index (χ3v) is 20.1. The molecule has 1 heterocycles. The van der Waals surface area contributed by atoms with E-state index in [0.717, 1.165) is 0 Å². The molecular formula is C11H22Sn. The summed E-state index contributed by atoms with van der Waals surface area (Å²) in [4.78, 5) is 2.77. The molecule has 0 spiro atoms. The fraction of sp³-hybridized carbons (Fsp3) is 1.00. The van der Waals surface area contributed by atoms with Crippen LogP contribution in [0.25, 0.3) is 0 Å². The standard InChI is InChI=1S/C5H9.C5H10.CH3.Sn/c1-2-4-5-3-1;1-3-5-4-2;;/h1H,2-5H2;1-5H2;1H3;. The van der Waals surface area contributed by atoms with E-state index < -0.39 is 18.4 Å². The second-order valence-electron chi connectivity index (χ2n) is 5.20. The molecule has 0 aromatic heterocycles. The summed E-state index contributed by atoms with van der Waals surface area (Å²) in [5, 5.41) is 0. The van der Waals surface area contributed by atoms with Crippen molar-refractivity contribution in [3.8, 4) is 0 Å². The molecule has 2 rings (SSSR count). The SMILES string of the molecule is [CH3][Sn]1([CH]2CCCC2)[CH2]CCC[CH2]1. The first-order chi connectivity index (χ1) is 5.81. The number of hydrogen-bond donors (Lipinski definition) is 0. The topological polar surface area (TPSA) is 0 Å². The second-order valence-corrected chi connectivity index (χ2v) is 19.8. The van der Waals surface area contributed by atoms with E-state index in [1.165, 1.54) is 3.93 Å². The molecule has 1 aliphatic heterocycles. The Bertz CT molecular complexity index is 141. The molecule has 0 radical (unpaired) electrons. The van der Waals surface area contributed by atoms with Crippen molar-refractivity contribution in [1.82, 2.24) is 0 Å². The van der Waals surface area contributed by atoms with Crippen molar-refractivity contribution in [2.75, 3.05) is 0 Å². The maximum absolute atomic E-state index is 2.77. The summed E-state index contributed by atoms with van der Waals surface area (Å²) >= 11 is -1.45. The van der Waals surface area contributed by atoms with Gasteiger partial charge in [-0.25, -0.2) is 0 Å². The van der Waals surface area contributed by atoms with Gasteiger partial charge in [0.15, 0.2) is 0 Å². The molecule has 0 aromatic carbocycles. The Labute approximate surface area is 81.0 Å². The zero-order chi connectivity index (χ0) is 8.44. The minimum absolute atomic E-state index is 1.31. The van der Waals surface area contributed by atoms with Crippen LogP contribution in [0.15, 0.2) is 0 Å². The quantitative estimate of drug-likeness (QED) is 0.628. The van der Waals surface area contributed by atoms with Crippen LogP contribution in [-0.2, 0) is 0 Å². The zero-order valence-electron chi connectivity index (χ0n) is 8.44. The Hall–Kier alpha value is 0.799. The molecule has 12 heavy (non-hydrogen) atoms. The van der Waals surface area contributed by atoms with Crippen molar-refractivity contribution in [2.45, 2.75) is 62.7 Å². The summed E-state index contributed by atoms with van der Waals surface area (Å²) < 4.78 is 4.78. The molecule has 70 valence electrons. The molecular weight excluding hydrogens is 251 g/mol. The molecule has 2 aliphatic rings. The van der Waals surface area contributed by atoms with Crippen LogP contribution < -0.4 is 0 Å². The fourth-order valence-corrected chi connectivity index (χ4v) is 17.6. The Morgan fingerprint density at radius 3 is 2.00 bits per heavy atom. The summed E-state index contributed by atoms with van der Waals surface area (Å²) in [6.07, 6.45) is 11.2. The monoisotopic (exact) mass is 274 g/mol. The molecule has 0 amide bonds. The van der Waals surface area contributed by atoms with Gasteiger partial charge in [-0.05, 0) is 0 Å². The van der Waals surface area contributed by atoms with E-state index in [9.17, 15) is 0 Å². The average Bonchev–Trinajstić information content (AvgIpc) is 2.58. The van der Waals surface area contributed by atoms with Crippen LogP contribution >= 0.6 is 0 Å². The van der Waals surface area contributed by atoms with Gasteiger partial charge in [0.1, 0.15) is 0 Å². The van der Waals surface area contributed by atoms with E-state index in [1.807, 2.05) is 0 Å². The van der Waals surface area contributed by atoms with Gasteiger partial charge in [0.25, 0.3) is 0 Å². The number of rotatable bonds is 1. The van der Waals surface area contributed by atoms with Gasteiger partial charge in [-0.3, -0.25) is 0 Å². The Morgan fingerprint density at radius 2 is 1.42 bits per heavy atom. The van der Waals surface area contributed by atoms with Crippen LogP contribution in [0.1, 0.15) is 44.9 Å². The predicted molar refractivity (Wildman–Crippen MR) is 57.3 cm³/mol. The van der Waals surface area contributed by atoms with Gasteiger partial charge in [-0.1, -0.05) is 0 Å². The van der Waals surface area contributed by atoms with Gasteiger partial charge < -0.3 is 0 Å². The molecule has 1 saturated carbocycles. The molecule has 0 unspecified atom stereocenters. The summed E-state index contributed by atoms with van der Waals surface area (Å²) in [5.41, 5.74) is 0. The maximum atomic E-state index is 2.77. The summed E-state index contributed by atoms with van der Waals surface area (Å²) in [6, 6.07) is 0. The molecule has 1 heteroatoms. The van der Waals surface area contributed by atoms with Gasteiger partial charge in [-0.2, -0.15) is 0 Å². The summed E-state index contributed by atoms with van der Waals surface area (Å²) in [5.74, 6) is 0. The van der Waals surface area contributed by atoms with E-state index in [2.05, 4.69) is 4.94 Å². The molecule has 0 bridgehead atoms. The third-order valence-electron chi connectivity index (χ3n) is 4.34. The minimum atomic E-state index is -1.45. The van der Waals surface area contributed by atoms with Crippen molar-refractivity contribution in [3.63, 3.8) is 0 Å². The van der Waals surface area contributed by atoms with Crippen molar-refractivity contribution < 1.29 is 0 Å². The van der Waals surface area contributed by atoms with Crippen LogP contribution in [0.5, 0.6) is 0 Å². The van der Waals surface area contributed by atoms with E-state index in [4.69, 9.17) is 0 Å². The first-order valence-electron chi connectivity index (χ1n) is 5.81. The normalized spacial score (nSPS) is 30.8. The first-order valence-corrected chi connectivity index (χ1v) is 14.4. The number of hydrogen-bond acceptors (Lipinski definition) is 0. The molecule has 2 fully saturated rings. The fourth-order valence-electron chi connectivity index (χ4n) is 3.39. The van der Waals surface area contributed by atoms with Crippen molar-refractivity contribution in [3.05, 3.63) is 0 Å². The van der Waals surface area contributed by atoms with Crippen LogP contribution in [0.4, 0.5) is 0 Å². The van der Waals surface area contributed by atoms with E-state index in [-0.39, 0.29) is 0 Å². The van der Waals surface area contributed by atoms with Crippen LogP contribution in [-0.4, -0.2) is 18.4 Å². The summed E-state index contributed by atoms with van der Waals surface area (Å²) in [7, 11) is 0. The second kappa shape index (κ2) is 3.89. The van der Waals surface area contributed by atoms with Gasteiger partial charge in [-0.15, -0.1) is 0 Å². The Balaban J connectivity index is 1.97. The molecule has 1 aliphatic carbocycles. The van der Waals surface area contributed by atoms with Crippen LogP contribution in [0.2, 0.25) is 17.7 Å². The zero-order valence-corrected chi connectivity index (χ0v) is 11.3. The molecule has 0 atom stereocenters. The predicted octanol–water partition coefficient (Wildman–Crippen LogP) is 4.19. The van der Waals surface area contributed by atoms with E-state index in [1.54, 1.807) is 53.8 Å². The van der Waals surface area contributed by atoms with Gasteiger partial charge in [0.05, 0.1) is 0 Å². The van der Waals surface area contributed by atoms with Crippen molar-refractivity contribution in [1.29, 1.82) is 0 Å². The molecule has 0 N–H and O–H groups in total. The molecule has 0 nitrogen and oxygen atoms in total. The van der Waals surface area contributed by atoms with Crippen molar-refractivity contribution >= 4 is 18.4 Å². The van der Waals surface area contributed by atoms with Crippen molar-refractivity contribution in [2.24, 2.45) is 0 Å². The van der Waals surface area contributed by atoms with E-state index in [0.29, 0.717) is 0 Å². The van der Waals surface area contributed by atoms with E-state index >= 15 is 0 Å². The molecule has 0 aromatic rings. The van der Waals surface area contributed by atoms with Crippen LogP contribution in [0, 0.1) is 0 Å². The first kappa shape index (κ1) is 9.36. The van der Waals surface area contributed by atoms with Gasteiger partial charge in [0.2, 0.25) is 0 Å².